The van der Waals surface area contributed by atoms with E-state index in [0.717, 1.165) is 10.7 Å². The summed E-state index contributed by atoms with van der Waals surface area (Å²) in [6, 6.07) is 6.20. The second-order valence-electron chi connectivity index (χ2n) is 6.60. The predicted octanol–water partition coefficient (Wildman–Crippen LogP) is 5.02. The molecule has 1 unspecified atom stereocenters. The van der Waals surface area contributed by atoms with Gasteiger partial charge in [0, 0.05) is 16.8 Å². The number of nitrogens with zero attached hydrogens (tertiary/aromatic N) is 2. The van der Waals surface area contributed by atoms with Crippen LogP contribution in [0.2, 0.25) is 5.02 Å². The highest BCUT2D eigenvalue weighted by molar-refractivity contribution is 7.95. The third kappa shape index (κ3) is 3.91. The summed E-state index contributed by atoms with van der Waals surface area (Å²) in [4.78, 5) is 0.0209. The first-order valence-corrected chi connectivity index (χ1v) is 10.7. The van der Waals surface area contributed by atoms with Gasteiger partial charge in [0.1, 0.15) is 11.9 Å². The molecule has 0 saturated carbocycles. The molecule has 3 rings (SSSR count). The van der Waals surface area contributed by atoms with Crippen LogP contribution in [-0.4, -0.2) is 24.0 Å². The van der Waals surface area contributed by atoms with E-state index in [4.69, 9.17) is 11.6 Å². The van der Waals surface area contributed by atoms with Crippen LogP contribution in [0.4, 0.5) is 19.0 Å². The number of allylic oxidation sites excluding steroid dienone is 2. The van der Waals surface area contributed by atoms with Crippen LogP contribution in [0.3, 0.4) is 0 Å². The highest BCUT2D eigenvalue weighted by atomic mass is 35.5. The number of hydrogen-bond donors (Lipinski definition) is 1. The van der Waals surface area contributed by atoms with Crippen LogP contribution in [0.1, 0.15) is 44.0 Å². The van der Waals surface area contributed by atoms with Crippen molar-refractivity contribution in [3.8, 4) is 0 Å². The van der Waals surface area contributed by atoms with Gasteiger partial charge in [0.2, 0.25) is 0 Å². The molecule has 28 heavy (non-hydrogen) atoms. The third-order valence-electron chi connectivity index (χ3n) is 4.49. The monoisotopic (exact) mass is 433 g/mol. The molecule has 0 bridgehead atoms. The van der Waals surface area contributed by atoms with Gasteiger partial charge in [0.25, 0.3) is 0 Å². The van der Waals surface area contributed by atoms with Crippen LogP contribution in [0.5, 0.6) is 0 Å². The van der Waals surface area contributed by atoms with Crippen molar-refractivity contribution in [2.75, 3.05) is 11.1 Å². The molecule has 1 aromatic heterocycles. The molecule has 1 atom stereocenters. The van der Waals surface area contributed by atoms with Crippen molar-refractivity contribution in [1.82, 2.24) is 9.78 Å². The van der Waals surface area contributed by atoms with Crippen LogP contribution >= 0.6 is 11.6 Å². The fourth-order valence-corrected chi connectivity index (χ4v) is 5.29. The number of fused-ring (bicyclic) bond motifs is 1. The Balaban J connectivity index is 2.20. The van der Waals surface area contributed by atoms with Crippen molar-refractivity contribution in [2.45, 2.75) is 38.9 Å². The molecule has 0 amide bonds. The fourth-order valence-electron chi connectivity index (χ4n) is 3.18. The highest BCUT2D eigenvalue weighted by Gasteiger charge is 2.40. The van der Waals surface area contributed by atoms with Crippen LogP contribution in [-0.2, 0) is 16.0 Å². The van der Waals surface area contributed by atoms with Crippen LogP contribution in [0, 0.1) is 0 Å². The highest BCUT2D eigenvalue weighted by Crippen LogP contribution is 2.41. The Morgan fingerprint density at radius 1 is 1.25 bits per heavy atom. The van der Waals surface area contributed by atoms with E-state index >= 15 is 0 Å². The molecule has 0 saturated heterocycles. The molecule has 0 aliphatic carbocycles. The lowest BCUT2D eigenvalue weighted by molar-refractivity contribution is -0.141. The van der Waals surface area contributed by atoms with Gasteiger partial charge in [0.05, 0.1) is 10.7 Å². The van der Waals surface area contributed by atoms with Crippen molar-refractivity contribution in [3.63, 3.8) is 0 Å². The summed E-state index contributed by atoms with van der Waals surface area (Å²) >= 11 is 5.92. The SMILES string of the molecule is CCCCS(=O)(=O)C1=C(C)Nc2cc(C(F)(F)F)nn2C1c1ccc(Cl)cc1. The van der Waals surface area contributed by atoms with Crippen molar-refractivity contribution in [3.05, 3.63) is 57.2 Å². The maximum absolute atomic E-state index is 13.2. The summed E-state index contributed by atoms with van der Waals surface area (Å²) in [6.45, 7) is 3.42. The Kier molecular flexibility index (Phi) is 5.51. The lowest BCUT2D eigenvalue weighted by atomic mass is 10.0. The average molecular weight is 434 g/mol. The molecule has 10 heteroatoms. The maximum Gasteiger partial charge on any atom is 0.435 e. The van der Waals surface area contributed by atoms with Gasteiger partial charge in [-0.1, -0.05) is 37.1 Å². The number of anilines is 1. The van der Waals surface area contributed by atoms with Gasteiger partial charge in [-0.2, -0.15) is 18.3 Å². The molecule has 2 aromatic rings. The van der Waals surface area contributed by atoms with Gasteiger partial charge in [-0.15, -0.1) is 0 Å². The molecular formula is C18H19ClF3N3O2S. The number of sulfone groups is 1. The summed E-state index contributed by atoms with van der Waals surface area (Å²) in [5.41, 5.74) is -0.315. The quantitative estimate of drug-likeness (QED) is 0.719. The number of aromatic nitrogens is 2. The molecule has 5 nitrogen and oxygen atoms in total. The second kappa shape index (κ2) is 7.44. The van der Waals surface area contributed by atoms with Crippen molar-refractivity contribution in [2.24, 2.45) is 0 Å². The minimum absolute atomic E-state index is 0.0209. The molecule has 2 heterocycles. The minimum Gasteiger partial charge on any atom is -0.343 e. The summed E-state index contributed by atoms with van der Waals surface area (Å²) < 4.78 is 66.7. The Morgan fingerprint density at radius 2 is 1.89 bits per heavy atom. The largest absolute Gasteiger partial charge is 0.435 e. The van der Waals surface area contributed by atoms with E-state index in [1.165, 1.54) is 0 Å². The number of hydrogen-bond acceptors (Lipinski definition) is 4. The zero-order valence-corrected chi connectivity index (χ0v) is 16.8. The molecule has 152 valence electrons. The zero-order chi connectivity index (χ0) is 20.7. The van der Waals surface area contributed by atoms with Crippen LogP contribution in [0.25, 0.3) is 0 Å². The first kappa shape index (κ1) is 20.7. The summed E-state index contributed by atoms with van der Waals surface area (Å²) in [7, 11) is -3.73. The van der Waals surface area contributed by atoms with E-state index in [-0.39, 0.29) is 22.2 Å². The van der Waals surface area contributed by atoms with E-state index < -0.39 is 27.7 Å². The number of unbranched alkanes of at least 4 members (excludes halogenated alkanes) is 1. The topological polar surface area (TPSA) is 64.0 Å². The summed E-state index contributed by atoms with van der Waals surface area (Å²) in [5, 5.41) is 6.88. The molecule has 1 aliphatic rings. The minimum atomic E-state index is -4.65. The van der Waals surface area contributed by atoms with Crippen molar-refractivity contribution < 1.29 is 21.6 Å². The van der Waals surface area contributed by atoms with E-state index in [1.807, 2.05) is 6.92 Å². The second-order valence-corrected chi connectivity index (χ2v) is 9.11. The molecule has 1 N–H and O–H groups in total. The number of rotatable bonds is 5. The first-order chi connectivity index (χ1) is 13.0. The van der Waals surface area contributed by atoms with E-state index in [1.54, 1.807) is 31.2 Å². The lowest BCUT2D eigenvalue weighted by Gasteiger charge is -2.30. The zero-order valence-electron chi connectivity index (χ0n) is 15.2. The van der Waals surface area contributed by atoms with Crippen LogP contribution < -0.4 is 5.32 Å². The van der Waals surface area contributed by atoms with Gasteiger partial charge < -0.3 is 5.32 Å². The van der Waals surface area contributed by atoms with E-state index in [2.05, 4.69) is 10.4 Å². The standard InChI is InChI=1S/C18H19ClF3N3O2S/c1-3-4-9-28(26,27)17-11(2)23-15-10-14(18(20,21)22)24-25(15)16(17)12-5-7-13(19)8-6-12/h5-8,10,16,23H,3-4,9H2,1-2H3. The Hall–Kier alpha value is -2.00. The molecule has 0 radical (unpaired) electrons. The van der Waals surface area contributed by atoms with Crippen molar-refractivity contribution in [1.29, 1.82) is 0 Å². The molecular weight excluding hydrogens is 415 g/mol. The van der Waals surface area contributed by atoms with Gasteiger partial charge in [0.15, 0.2) is 15.5 Å². The first-order valence-electron chi connectivity index (χ1n) is 8.67. The number of alkyl halides is 3. The lowest BCUT2D eigenvalue weighted by Crippen LogP contribution is -2.29. The van der Waals surface area contributed by atoms with Gasteiger partial charge in [-0.05, 0) is 31.0 Å². The summed E-state index contributed by atoms with van der Waals surface area (Å²) in [5.74, 6) is -0.00998. The van der Waals surface area contributed by atoms with Gasteiger partial charge >= 0.3 is 6.18 Å². The number of nitrogens with one attached hydrogen (secondary N) is 1. The Bertz CT molecular complexity index is 1010. The van der Waals surface area contributed by atoms with E-state index in [9.17, 15) is 21.6 Å². The number of halogens is 4. The average Bonchev–Trinajstić information content (AvgIpc) is 3.03. The summed E-state index contributed by atoms with van der Waals surface area (Å²) in [6.07, 6.45) is -3.52. The smallest absolute Gasteiger partial charge is 0.343 e. The Labute approximate surface area is 166 Å². The van der Waals surface area contributed by atoms with Gasteiger partial charge in [-0.25, -0.2) is 13.1 Å². The normalized spacial score (nSPS) is 17.4. The third-order valence-corrected chi connectivity index (χ3v) is 6.77. The van der Waals surface area contributed by atoms with Gasteiger partial charge in [-0.3, -0.25) is 0 Å². The van der Waals surface area contributed by atoms with Crippen LogP contribution in [0.15, 0.2) is 40.9 Å². The predicted molar refractivity (Wildman–Crippen MR) is 102 cm³/mol. The molecule has 0 spiro atoms. The molecule has 1 aliphatic heterocycles. The fraction of sp³-hybridized carbons (Fsp3) is 0.389. The van der Waals surface area contributed by atoms with E-state index in [0.29, 0.717) is 23.4 Å². The maximum atomic E-state index is 13.2. The molecule has 0 fully saturated rings. The van der Waals surface area contributed by atoms with Crippen molar-refractivity contribution >= 4 is 27.3 Å². The number of benzene rings is 1. The Morgan fingerprint density at radius 3 is 2.46 bits per heavy atom. The molecule has 1 aromatic carbocycles.